The van der Waals surface area contributed by atoms with Crippen LogP contribution in [0.15, 0.2) is 12.5 Å². The molecule has 0 fully saturated rings. The number of carbonyl (C=O) groups excluding carboxylic acids is 2. The van der Waals surface area contributed by atoms with E-state index in [4.69, 9.17) is 5.11 Å². The zero-order chi connectivity index (χ0) is 20.1. The average molecular weight is 385 g/mol. The Morgan fingerprint density at radius 2 is 2.04 bits per heavy atom. The Morgan fingerprint density at radius 1 is 1.26 bits per heavy atom. The molecule has 12 heteroatoms. The van der Waals surface area contributed by atoms with Gasteiger partial charge in [0.15, 0.2) is 0 Å². The maximum Gasteiger partial charge on any atom is 0.326 e. The third kappa shape index (κ3) is 10.4. The van der Waals surface area contributed by atoms with Crippen LogP contribution in [0.2, 0.25) is 0 Å². The summed E-state index contributed by atoms with van der Waals surface area (Å²) in [5.74, 6) is -1.91. The SMILES string of the molecule is O=C(CCCCCO[N+](=O)[O-])NCCC(=O)NC(Cc1c[nH]cn1)C(=O)O. The molecule has 2 amide bonds. The Hall–Kier alpha value is -3.18. The van der Waals surface area contributed by atoms with E-state index in [1.165, 1.54) is 6.33 Å². The van der Waals surface area contributed by atoms with E-state index in [9.17, 15) is 24.5 Å². The number of nitrogens with zero attached hydrogens (tertiary/aromatic N) is 2. The number of unbranched alkanes of at least 4 members (excludes halogenated alkanes) is 2. The van der Waals surface area contributed by atoms with Crippen LogP contribution >= 0.6 is 0 Å². The summed E-state index contributed by atoms with van der Waals surface area (Å²) in [7, 11) is 0. The molecule has 27 heavy (non-hydrogen) atoms. The number of aromatic nitrogens is 2. The van der Waals surface area contributed by atoms with Crippen LogP contribution in [0.4, 0.5) is 0 Å². The van der Waals surface area contributed by atoms with Crippen LogP contribution in [0.3, 0.4) is 0 Å². The number of rotatable bonds is 14. The van der Waals surface area contributed by atoms with Crippen LogP contribution in [0, 0.1) is 10.1 Å². The second kappa shape index (κ2) is 12.2. The number of aliphatic carboxylic acids is 1. The lowest BCUT2D eigenvalue weighted by molar-refractivity contribution is -0.757. The fourth-order valence-corrected chi connectivity index (χ4v) is 2.19. The fraction of sp³-hybridized carbons (Fsp3) is 0.600. The summed E-state index contributed by atoms with van der Waals surface area (Å²) in [4.78, 5) is 55.4. The smallest absolute Gasteiger partial charge is 0.326 e. The fourth-order valence-electron chi connectivity index (χ4n) is 2.19. The molecule has 0 saturated carbocycles. The average Bonchev–Trinajstić information content (AvgIpc) is 3.10. The lowest BCUT2D eigenvalue weighted by Crippen LogP contribution is -2.43. The van der Waals surface area contributed by atoms with E-state index < -0.39 is 23.0 Å². The van der Waals surface area contributed by atoms with Crippen molar-refractivity contribution in [2.75, 3.05) is 13.2 Å². The molecular formula is C15H23N5O7. The zero-order valence-corrected chi connectivity index (χ0v) is 14.7. The minimum Gasteiger partial charge on any atom is -0.480 e. The summed E-state index contributed by atoms with van der Waals surface area (Å²) in [6.07, 6.45) is 4.83. The monoisotopic (exact) mass is 385 g/mol. The first-order valence-corrected chi connectivity index (χ1v) is 8.42. The first-order chi connectivity index (χ1) is 12.9. The van der Waals surface area contributed by atoms with Crippen molar-refractivity contribution in [2.45, 2.75) is 44.6 Å². The standard InChI is InChI=1S/C15H23N5O7/c21-13(4-2-1-3-7-27-20(25)26)17-6-5-14(22)19-12(15(23)24)8-11-9-16-10-18-11/h9-10,12H,1-8H2,(H,16,18)(H,17,21)(H,19,22)(H,23,24). The lowest BCUT2D eigenvalue weighted by atomic mass is 10.1. The number of amides is 2. The molecule has 0 aliphatic rings. The van der Waals surface area contributed by atoms with Gasteiger partial charge < -0.3 is 25.6 Å². The number of hydrogen-bond acceptors (Lipinski definition) is 7. The molecule has 0 saturated heterocycles. The number of carbonyl (C=O) groups is 3. The van der Waals surface area contributed by atoms with Gasteiger partial charge in [-0.05, 0) is 12.8 Å². The van der Waals surface area contributed by atoms with E-state index >= 15 is 0 Å². The molecule has 1 aromatic heterocycles. The van der Waals surface area contributed by atoms with Gasteiger partial charge in [-0.25, -0.2) is 9.78 Å². The van der Waals surface area contributed by atoms with E-state index in [0.717, 1.165) is 0 Å². The Kier molecular flexibility index (Phi) is 9.89. The molecule has 1 aromatic rings. The molecule has 4 N–H and O–H groups in total. The predicted molar refractivity (Wildman–Crippen MR) is 90.9 cm³/mol. The minimum atomic E-state index is -1.17. The van der Waals surface area contributed by atoms with Gasteiger partial charge >= 0.3 is 5.97 Å². The van der Waals surface area contributed by atoms with Gasteiger partial charge in [-0.1, -0.05) is 6.42 Å². The van der Waals surface area contributed by atoms with Crippen LogP contribution in [0.1, 0.15) is 37.8 Å². The Balaban J connectivity index is 2.15. The highest BCUT2D eigenvalue weighted by atomic mass is 16.9. The normalized spacial score (nSPS) is 11.4. The molecule has 0 aliphatic heterocycles. The molecule has 1 atom stereocenters. The third-order valence-corrected chi connectivity index (χ3v) is 3.52. The largest absolute Gasteiger partial charge is 0.480 e. The summed E-state index contributed by atoms with van der Waals surface area (Å²) in [6.45, 7) is 0.0850. The highest BCUT2D eigenvalue weighted by Gasteiger charge is 2.21. The summed E-state index contributed by atoms with van der Waals surface area (Å²) in [5.41, 5.74) is 0.514. The quantitative estimate of drug-likeness (QED) is 0.193. The van der Waals surface area contributed by atoms with Gasteiger partial charge in [0.2, 0.25) is 11.8 Å². The van der Waals surface area contributed by atoms with Crippen molar-refractivity contribution >= 4 is 17.8 Å². The maximum absolute atomic E-state index is 11.8. The van der Waals surface area contributed by atoms with E-state index in [1.807, 2.05) is 0 Å². The van der Waals surface area contributed by atoms with Gasteiger partial charge in [-0.2, -0.15) is 0 Å². The molecule has 0 bridgehead atoms. The van der Waals surface area contributed by atoms with Crippen LogP contribution in [0.25, 0.3) is 0 Å². The molecule has 150 valence electrons. The molecular weight excluding hydrogens is 362 g/mol. The first kappa shape index (κ1) is 21.9. The number of imidazole rings is 1. The number of carboxylic acids is 1. The highest BCUT2D eigenvalue weighted by molar-refractivity contribution is 5.84. The van der Waals surface area contributed by atoms with Gasteiger partial charge in [-0.3, -0.25) is 9.59 Å². The first-order valence-electron chi connectivity index (χ1n) is 8.42. The number of hydrogen-bond donors (Lipinski definition) is 4. The molecule has 0 spiro atoms. The van der Waals surface area contributed by atoms with Gasteiger partial charge in [0.1, 0.15) is 6.04 Å². The van der Waals surface area contributed by atoms with Crippen LogP contribution in [-0.2, 0) is 25.6 Å². The summed E-state index contributed by atoms with van der Waals surface area (Å²) < 4.78 is 0. The highest BCUT2D eigenvalue weighted by Crippen LogP contribution is 2.01. The maximum atomic E-state index is 11.8. The number of aromatic amines is 1. The Morgan fingerprint density at radius 3 is 2.67 bits per heavy atom. The summed E-state index contributed by atoms with van der Waals surface area (Å²) >= 11 is 0. The topological polar surface area (TPSA) is 177 Å². The van der Waals surface area contributed by atoms with E-state index in [1.54, 1.807) is 6.20 Å². The second-order valence-corrected chi connectivity index (χ2v) is 5.69. The number of carboxylic acid groups (broad SMARTS) is 1. The molecule has 1 heterocycles. The summed E-state index contributed by atoms with van der Waals surface area (Å²) in [5, 5.41) is 23.2. The van der Waals surface area contributed by atoms with Gasteiger partial charge in [0.25, 0.3) is 5.09 Å². The van der Waals surface area contributed by atoms with Gasteiger partial charge in [0, 0.05) is 32.0 Å². The van der Waals surface area contributed by atoms with Crippen LogP contribution in [-0.4, -0.2) is 57.1 Å². The third-order valence-electron chi connectivity index (χ3n) is 3.52. The molecule has 0 aliphatic carbocycles. The molecule has 12 nitrogen and oxygen atoms in total. The Labute approximate surface area is 154 Å². The van der Waals surface area contributed by atoms with Crippen molar-refractivity contribution in [1.82, 2.24) is 20.6 Å². The lowest BCUT2D eigenvalue weighted by Gasteiger charge is -2.13. The summed E-state index contributed by atoms with van der Waals surface area (Å²) in [6, 6.07) is -1.10. The molecule has 0 aromatic carbocycles. The van der Waals surface area contributed by atoms with Crippen molar-refractivity contribution in [3.05, 3.63) is 28.3 Å². The molecule has 1 rings (SSSR count). The van der Waals surface area contributed by atoms with E-state index in [-0.39, 0.29) is 38.3 Å². The number of H-pyrrole nitrogens is 1. The van der Waals surface area contributed by atoms with Crippen molar-refractivity contribution in [3.8, 4) is 0 Å². The zero-order valence-electron chi connectivity index (χ0n) is 14.7. The van der Waals surface area contributed by atoms with Crippen molar-refractivity contribution < 1.29 is 29.4 Å². The van der Waals surface area contributed by atoms with E-state index in [2.05, 4.69) is 25.4 Å². The van der Waals surface area contributed by atoms with Crippen molar-refractivity contribution in [2.24, 2.45) is 0 Å². The molecule has 1 unspecified atom stereocenters. The minimum absolute atomic E-state index is 0.00217. The van der Waals surface area contributed by atoms with E-state index in [0.29, 0.717) is 25.0 Å². The molecule has 0 radical (unpaired) electrons. The Bertz CT molecular complexity index is 620. The van der Waals surface area contributed by atoms with Crippen molar-refractivity contribution in [1.29, 1.82) is 0 Å². The number of nitrogens with one attached hydrogen (secondary N) is 3. The predicted octanol–water partition coefficient (Wildman–Crippen LogP) is -0.203. The van der Waals surface area contributed by atoms with Crippen LogP contribution < -0.4 is 10.6 Å². The van der Waals surface area contributed by atoms with Gasteiger partial charge in [-0.15, -0.1) is 10.1 Å². The van der Waals surface area contributed by atoms with Gasteiger partial charge in [0.05, 0.1) is 18.6 Å². The van der Waals surface area contributed by atoms with Crippen LogP contribution in [0.5, 0.6) is 0 Å². The second-order valence-electron chi connectivity index (χ2n) is 5.69. The van der Waals surface area contributed by atoms with Crippen molar-refractivity contribution in [3.63, 3.8) is 0 Å².